The van der Waals surface area contributed by atoms with E-state index in [-0.39, 0.29) is 99.5 Å². The molecule has 0 radical (unpaired) electrons. The fourth-order valence-electron chi connectivity index (χ4n) is 10.5. The highest BCUT2D eigenvalue weighted by molar-refractivity contribution is 6.08. The van der Waals surface area contributed by atoms with Crippen LogP contribution in [0.1, 0.15) is 119 Å². The van der Waals surface area contributed by atoms with Gasteiger partial charge < -0.3 is 51.0 Å². The number of phenols is 4. The number of H-pyrrole nitrogens is 4. The van der Waals surface area contributed by atoms with Gasteiger partial charge in [-0.3, -0.25) is 34.8 Å². The second-order valence-electron chi connectivity index (χ2n) is 23.8. The summed E-state index contributed by atoms with van der Waals surface area (Å²) >= 11 is 0. The average molecular weight is 1400 g/mol. The predicted octanol–water partition coefficient (Wildman–Crippen LogP) is 14.2. The number of furan rings is 1. The third-order valence-corrected chi connectivity index (χ3v) is 16.3. The van der Waals surface area contributed by atoms with E-state index in [4.69, 9.17) is 9.52 Å². The lowest BCUT2D eigenvalue weighted by Gasteiger charge is -2.20. The monoisotopic (exact) mass is 1400 g/mol. The lowest BCUT2D eigenvalue weighted by Crippen LogP contribution is -2.41. The summed E-state index contributed by atoms with van der Waals surface area (Å²) < 4.78 is 57.0. The highest BCUT2D eigenvalue weighted by Crippen LogP contribution is 2.36. The van der Waals surface area contributed by atoms with E-state index in [1.54, 1.807) is 134 Å². The van der Waals surface area contributed by atoms with E-state index < -0.39 is 23.8 Å². The molecule has 0 bridgehead atoms. The molecule has 0 saturated heterocycles. The number of carbonyl (C=O) groups excluding carboxylic acids is 3. The SMILES string of the molecule is CC(C)[C@@H](CO)NC(=O)c1ccc2n[nH]c(/C=C/c3ccc(F)cc3)c2c1O.O=C(NC1CC1)c1ccc2n[nH]c(/C=C/c3ccc(F)cc3)c2c1O.O=C(NCc1ccco1)c1ccc2n[nH]c(/C=C/c3ccc(F)cc3)c2c1O.O=C(O)c1ccc2n[nH]c(/C=C/c3ccc(F)cc3)c2c1O. The van der Waals surface area contributed by atoms with Gasteiger partial charge in [0, 0.05) is 6.04 Å². The third-order valence-electron chi connectivity index (χ3n) is 16.3. The first kappa shape index (κ1) is 70.9. The Bertz CT molecular complexity index is 5330. The number of aromatic carboxylic acids is 1. The largest absolute Gasteiger partial charge is 0.506 e. The van der Waals surface area contributed by atoms with Crippen molar-refractivity contribution in [3.63, 3.8) is 0 Å². The third kappa shape index (κ3) is 17.4. The van der Waals surface area contributed by atoms with Crippen LogP contribution in [0, 0.1) is 29.2 Å². The van der Waals surface area contributed by atoms with E-state index in [2.05, 4.69) is 56.7 Å². The smallest absolute Gasteiger partial charge is 0.339 e. The second kappa shape index (κ2) is 32.1. The molecule has 8 aromatic carbocycles. The molecule has 3 amide bonds. The van der Waals surface area contributed by atoms with Gasteiger partial charge in [0.05, 0.1) is 109 Å². The molecule has 22 nitrogen and oxygen atoms in total. The van der Waals surface area contributed by atoms with Gasteiger partial charge in [-0.25, -0.2) is 22.4 Å². The molecule has 26 heteroatoms. The van der Waals surface area contributed by atoms with Gasteiger partial charge in [-0.05, 0) is 175 Å². The number of aromatic hydroxyl groups is 4. The zero-order valence-corrected chi connectivity index (χ0v) is 54.8. The van der Waals surface area contributed by atoms with Crippen LogP contribution >= 0.6 is 0 Å². The standard InChI is InChI=1S/C21H16FN3O3.C21H22FN3O3.C19H16FN3O2.C16H11FN2O3/c22-14-6-3-13(4-7-14)5-9-17-19-18(25-24-17)10-8-16(20(19)26)21(27)23-12-15-2-1-11-28-15;1-12(2)18(11-26)23-21(28)15-8-10-17-19(20(15)27)16(24-25-17)9-5-13-3-6-14(22)7-4-13;20-12-4-1-11(2-5-12)3-9-15-17-16(23-22-15)10-8-14(18(17)24)19(25)21-13-6-7-13;17-10-4-1-9(2-5-10)3-7-12-14-13(19-18-12)8-6-11(15(14)20)16(21)22/h1-11,26H,12H2,(H,23,27)(H,24,25);3-10,12,18,26-27H,11H2,1-2H3,(H,23,28)(H,24,25);1-5,8-10,13,24H,6-7H2,(H,21,25)(H,22,23);1-8,20H,(H,18,19)(H,21,22)/b2*9-5+;9-3+;7-3+/t;18-;;/m.1../s1. The minimum Gasteiger partial charge on any atom is -0.506 e. The second-order valence-corrected chi connectivity index (χ2v) is 23.8. The maximum absolute atomic E-state index is 13.0. The van der Waals surface area contributed by atoms with E-state index in [0.717, 1.165) is 35.1 Å². The lowest BCUT2D eigenvalue weighted by molar-refractivity contribution is 0.0692. The number of carbonyl (C=O) groups is 4. The van der Waals surface area contributed by atoms with Gasteiger partial charge in [0.15, 0.2) is 0 Å². The van der Waals surface area contributed by atoms with E-state index in [1.165, 1.54) is 79.1 Å². The molecule has 1 aliphatic carbocycles. The zero-order chi connectivity index (χ0) is 72.8. The first-order valence-electron chi connectivity index (χ1n) is 32.0. The number of fused-ring (bicyclic) bond motifs is 4. The van der Waals surface area contributed by atoms with Gasteiger partial charge in [-0.1, -0.05) is 86.7 Å². The van der Waals surface area contributed by atoms with Crippen LogP contribution < -0.4 is 16.0 Å². The van der Waals surface area contributed by atoms with Crippen molar-refractivity contribution in [1.82, 2.24) is 56.7 Å². The van der Waals surface area contributed by atoms with Crippen LogP contribution in [0.2, 0.25) is 0 Å². The molecule has 1 atom stereocenters. The van der Waals surface area contributed by atoms with Gasteiger partial charge in [-0.15, -0.1) is 0 Å². The number of halogens is 4. The summed E-state index contributed by atoms with van der Waals surface area (Å²) in [5.74, 6) is -3.78. The molecule has 5 heterocycles. The Morgan fingerprint density at radius 3 is 1.11 bits per heavy atom. The van der Waals surface area contributed by atoms with E-state index >= 15 is 0 Å². The number of aliphatic hydroxyl groups is 1. The number of phenolic OH excluding ortho intramolecular Hbond substituents is 3. The molecule has 5 aromatic heterocycles. The number of amides is 3. The molecule has 1 saturated carbocycles. The summed E-state index contributed by atoms with van der Waals surface area (Å²) in [4.78, 5) is 48.3. The van der Waals surface area contributed by atoms with E-state index in [9.17, 15) is 62.3 Å². The van der Waals surface area contributed by atoms with Crippen LogP contribution in [-0.2, 0) is 6.54 Å². The quantitative estimate of drug-likeness (QED) is 0.0355. The van der Waals surface area contributed by atoms with Crippen molar-refractivity contribution in [3.8, 4) is 23.0 Å². The number of rotatable bonds is 18. The number of nitrogens with zero attached hydrogens (tertiary/aromatic N) is 4. The predicted molar refractivity (Wildman–Crippen MR) is 383 cm³/mol. The Morgan fingerprint density at radius 2 is 0.796 bits per heavy atom. The molecular formula is C77H65F4N11O11. The number of hydrogen-bond donors (Lipinski definition) is 13. The Morgan fingerprint density at radius 1 is 0.466 bits per heavy atom. The Labute approximate surface area is 583 Å². The number of aromatic amines is 4. The molecule has 103 heavy (non-hydrogen) atoms. The topological polar surface area (TPSA) is 354 Å². The summed E-state index contributed by atoms with van der Waals surface area (Å²) in [6, 6.07) is 39.6. The Kier molecular flexibility index (Phi) is 22.1. The number of nitrogens with one attached hydrogen (secondary N) is 7. The van der Waals surface area contributed by atoms with Crippen molar-refractivity contribution in [2.75, 3.05) is 6.61 Å². The number of aromatic nitrogens is 8. The first-order valence-corrected chi connectivity index (χ1v) is 32.0. The summed E-state index contributed by atoms with van der Waals surface area (Å²) in [7, 11) is 0. The van der Waals surface area contributed by atoms with Crippen molar-refractivity contribution >= 4 is 116 Å². The molecular weight excluding hydrogens is 1330 g/mol. The minimum absolute atomic E-state index is 0.0444. The molecule has 13 N–H and O–H groups in total. The first-order chi connectivity index (χ1) is 49.7. The average Bonchev–Trinajstić information content (AvgIpc) is 1.69. The van der Waals surface area contributed by atoms with Crippen LogP contribution in [0.5, 0.6) is 23.0 Å². The molecule has 1 aliphatic rings. The van der Waals surface area contributed by atoms with E-state index in [1.807, 2.05) is 13.8 Å². The molecule has 13 aromatic rings. The van der Waals surface area contributed by atoms with Crippen LogP contribution in [0.3, 0.4) is 0 Å². The van der Waals surface area contributed by atoms with Gasteiger partial charge >= 0.3 is 5.97 Å². The maximum atomic E-state index is 13.0. The molecule has 0 spiro atoms. The van der Waals surface area contributed by atoms with Crippen LogP contribution in [-0.4, -0.2) is 114 Å². The molecule has 0 aliphatic heterocycles. The maximum Gasteiger partial charge on any atom is 0.339 e. The van der Waals surface area contributed by atoms with E-state index in [0.29, 0.717) is 72.1 Å². The van der Waals surface area contributed by atoms with Crippen molar-refractivity contribution in [2.45, 2.75) is 45.3 Å². The summed E-state index contributed by atoms with van der Waals surface area (Å²) in [6.07, 6.45) is 17.3. The van der Waals surface area contributed by atoms with Gasteiger partial charge in [0.1, 0.15) is 57.6 Å². The Hall–Kier alpha value is -13.4. The number of hydrogen-bond acceptors (Lipinski definition) is 14. The number of carboxylic acids is 1. The number of carboxylic acid groups (broad SMARTS) is 1. The fourth-order valence-corrected chi connectivity index (χ4v) is 10.5. The number of benzene rings is 8. The van der Waals surface area contributed by atoms with Crippen molar-refractivity contribution in [1.29, 1.82) is 0 Å². The fraction of sp³-hybridized carbons (Fsp3) is 0.117. The van der Waals surface area contributed by atoms with Gasteiger partial charge in [0.2, 0.25) is 0 Å². The molecule has 1 fully saturated rings. The van der Waals surface area contributed by atoms with Gasteiger partial charge in [0.25, 0.3) is 17.7 Å². The highest BCUT2D eigenvalue weighted by atomic mass is 19.1. The highest BCUT2D eigenvalue weighted by Gasteiger charge is 2.27. The van der Waals surface area contributed by atoms with Gasteiger partial charge in [-0.2, -0.15) is 20.4 Å². The molecule has 14 rings (SSSR count). The summed E-state index contributed by atoms with van der Waals surface area (Å²) in [5.41, 5.74) is 7.60. The number of aliphatic hydroxyl groups excluding tert-OH is 1. The van der Waals surface area contributed by atoms with Crippen molar-refractivity contribution in [2.24, 2.45) is 5.92 Å². The van der Waals surface area contributed by atoms with Crippen molar-refractivity contribution in [3.05, 3.63) is 260 Å². The normalized spacial score (nSPS) is 12.4. The molecule has 522 valence electrons. The van der Waals surface area contributed by atoms with Crippen molar-refractivity contribution < 1.29 is 71.8 Å². The van der Waals surface area contributed by atoms with Crippen LogP contribution in [0.4, 0.5) is 17.6 Å². The molecule has 0 unspecified atom stereocenters. The van der Waals surface area contributed by atoms with Crippen LogP contribution in [0.25, 0.3) is 92.2 Å². The minimum atomic E-state index is -1.21. The lowest BCUT2D eigenvalue weighted by atomic mass is 10.0. The zero-order valence-electron chi connectivity index (χ0n) is 54.8. The summed E-state index contributed by atoms with van der Waals surface area (Å²) in [5, 5.41) is 98.1. The summed E-state index contributed by atoms with van der Waals surface area (Å²) in [6.45, 7) is 3.80. The Balaban J connectivity index is 0.000000138. The van der Waals surface area contributed by atoms with Crippen LogP contribution in [0.15, 0.2) is 168 Å².